The molecule has 2 nitrogen and oxygen atoms in total. The van der Waals surface area contributed by atoms with Gasteiger partial charge in [-0.3, -0.25) is 0 Å². The van der Waals surface area contributed by atoms with Crippen LogP contribution in [0.4, 0.5) is 0 Å². The Balaban J connectivity index is 2.12. The molecule has 0 aliphatic heterocycles. The van der Waals surface area contributed by atoms with Gasteiger partial charge < -0.3 is 4.74 Å². The summed E-state index contributed by atoms with van der Waals surface area (Å²) in [6.07, 6.45) is 0.430. The van der Waals surface area contributed by atoms with Crippen LogP contribution in [0.5, 0.6) is 11.5 Å². The second kappa shape index (κ2) is 6.40. The van der Waals surface area contributed by atoms with Crippen molar-refractivity contribution in [2.45, 2.75) is 18.7 Å². The molecule has 96 valence electrons. The van der Waals surface area contributed by atoms with Crippen LogP contribution < -0.4 is 4.74 Å². The summed E-state index contributed by atoms with van der Waals surface area (Å²) in [5, 5.41) is 9.47. The van der Waals surface area contributed by atoms with Crippen LogP contribution >= 0.6 is 15.9 Å². The van der Waals surface area contributed by atoms with E-state index in [4.69, 9.17) is 10.00 Å². The van der Waals surface area contributed by atoms with E-state index in [1.807, 2.05) is 36.4 Å². The zero-order chi connectivity index (χ0) is 13.7. The monoisotopic (exact) mass is 315 g/mol. The minimum absolute atomic E-state index is 0.430. The highest BCUT2D eigenvalue weighted by Gasteiger charge is 2.01. The molecule has 0 atom stereocenters. The van der Waals surface area contributed by atoms with E-state index < -0.39 is 0 Å². The van der Waals surface area contributed by atoms with E-state index in [2.05, 4.69) is 35.0 Å². The highest BCUT2D eigenvalue weighted by Crippen LogP contribution is 2.25. The molecule has 0 N–H and O–H groups in total. The zero-order valence-corrected chi connectivity index (χ0v) is 12.3. The van der Waals surface area contributed by atoms with Gasteiger partial charge in [0.25, 0.3) is 0 Å². The van der Waals surface area contributed by atoms with Crippen molar-refractivity contribution in [2.24, 2.45) is 0 Å². The predicted octanol–water partition coefficient (Wildman–Crippen LogP) is 4.75. The zero-order valence-electron chi connectivity index (χ0n) is 10.7. The fourth-order valence-electron chi connectivity index (χ4n) is 1.78. The SMILES string of the molecule is Cc1cc(Oc2ccc(CC#N)cc2)ccc1CBr. The lowest BCUT2D eigenvalue weighted by atomic mass is 10.1. The Morgan fingerprint density at radius 3 is 2.37 bits per heavy atom. The molecule has 19 heavy (non-hydrogen) atoms. The Bertz CT molecular complexity index is 599. The van der Waals surface area contributed by atoms with Gasteiger partial charge in [-0.2, -0.15) is 5.26 Å². The Hall–Kier alpha value is -1.79. The minimum atomic E-state index is 0.430. The first kappa shape index (κ1) is 13.6. The molecule has 0 radical (unpaired) electrons. The molecular weight excluding hydrogens is 302 g/mol. The van der Waals surface area contributed by atoms with E-state index in [1.165, 1.54) is 11.1 Å². The quantitative estimate of drug-likeness (QED) is 0.763. The highest BCUT2D eigenvalue weighted by atomic mass is 79.9. The third-order valence-electron chi connectivity index (χ3n) is 2.90. The predicted molar refractivity (Wildman–Crippen MR) is 79.6 cm³/mol. The first-order chi connectivity index (χ1) is 9.22. The van der Waals surface area contributed by atoms with Crippen LogP contribution in [0, 0.1) is 18.3 Å². The molecule has 0 bridgehead atoms. The van der Waals surface area contributed by atoms with E-state index in [-0.39, 0.29) is 0 Å². The number of nitrogens with zero attached hydrogens (tertiary/aromatic N) is 1. The third-order valence-corrected chi connectivity index (χ3v) is 3.50. The van der Waals surface area contributed by atoms with Crippen molar-refractivity contribution in [1.29, 1.82) is 5.26 Å². The number of rotatable bonds is 4. The minimum Gasteiger partial charge on any atom is -0.457 e. The Kier molecular flexibility index (Phi) is 4.59. The van der Waals surface area contributed by atoms with E-state index in [0.717, 1.165) is 22.4 Å². The van der Waals surface area contributed by atoms with Crippen LogP contribution in [0.3, 0.4) is 0 Å². The molecule has 0 unspecified atom stereocenters. The van der Waals surface area contributed by atoms with Gasteiger partial charge in [-0.15, -0.1) is 0 Å². The van der Waals surface area contributed by atoms with Crippen molar-refractivity contribution >= 4 is 15.9 Å². The van der Waals surface area contributed by atoms with Gasteiger partial charge in [0.15, 0.2) is 0 Å². The van der Waals surface area contributed by atoms with Crippen LogP contribution in [0.2, 0.25) is 0 Å². The average Bonchev–Trinajstić information content (AvgIpc) is 2.42. The summed E-state index contributed by atoms with van der Waals surface area (Å²) in [6.45, 7) is 2.07. The maximum absolute atomic E-state index is 8.62. The number of alkyl halides is 1. The van der Waals surface area contributed by atoms with Gasteiger partial charge in [-0.05, 0) is 47.9 Å². The number of benzene rings is 2. The second-order valence-electron chi connectivity index (χ2n) is 4.30. The lowest BCUT2D eigenvalue weighted by Gasteiger charge is -2.09. The molecule has 0 aromatic heterocycles. The molecule has 0 aliphatic carbocycles. The van der Waals surface area contributed by atoms with Crippen LogP contribution in [-0.2, 0) is 11.8 Å². The third kappa shape index (κ3) is 3.59. The summed E-state index contributed by atoms with van der Waals surface area (Å²) < 4.78 is 5.79. The van der Waals surface area contributed by atoms with Gasteiger partial charge in [0, 0.05) is 5.33 Å². The summed E-state index contributed by atoms with van der Waals surface area (Å²) in [5.41, 5.74) is 3.47. The molecule has 3 heteroatoms. The summed E-state index contributed by atoms with van der Waals surface area (Å²) in [5.74, 6) is 1.61. The number of halogens is 1. The first-order valence-electron chi connectivity index (χ1n) is 6.02. The van der Waals surface area contributed by atoms with Crippen LogP contribution in [0.1, 0.15) is 16.7 Å². The molecule has 2 aromatic carbocycles. The van der Waals surface area contributed by atoms with Crippen molar-refractivity contribution in [1.82, 2.24) is 0 Å². The Labute approximate surface area is 121 Å². The summed E-state index contributed by atoms with van der Waals surface area (Å²) >= 11 is 3.46. The maximum atomic E-state index is 8.62. The van der Waals surface area contributed by atoms with Crippen LogP contribution in [0.25, 0.3) is 0 Å². The molecule has 0 saturated heterocycles. The lowest BCUT2D eigenvalue weighted by molar-refractivity contribution is 0.482. The van der Waals surface area contributed by atoms with Crippen molar-refractivity contribution < 1.29 is 4.74 Å². The number of hydrogen-bond donors (Lipinski definition) is 0. The number of nitriles is 1. The van der Waals surface area contributed by atoms with Gasteiger partial charge in [-0.1, -0.05) is 34.1 Å². The van der Waals surface area contributed by atoms with Gasteiger partial charge >= 0.3 is 0 Å². The van der Waals surface area contributed by atoms with Crippen molar-refractivity contribution in [3.8, 4) is 17.6 Å². The number of hydrogen-bond acceptors (Lipinski definition) is 2. The molecule has 0 amide bonds. The number of ether oxygens (including phenoxy) is 1. The first-order valence-corrected chi connectivity index (χ1v) is 7.14. The highest BCUT2D eigenvalue weighted by molar-refractivity contribution is 9.08. The molecule has 0 spiro atoms. The van der Waals surface area contributed by atoms with Gasteiger partial charge in [0.1, 0.15) is 11.5 Å². The normalized spacial score (nSPS) is 9.95. The summed E-state index contributed by atoms with van der Waals surface area (Å²) in [7, 11) is 0. The molecule has 0 fully saturated rings. The molecule has 0 saturated carbocycles. The summed E-state index contributed by atoms with van der Waals surface area (Å²) in [4.78, 5) is 0. The smallest absolute Gasteiger partial charge is 0.127 e. The van der Waals surface area contributed by atoms with E-state index in [1.54, 1.807) is 0 Å². The topological polar surface area (TPSA) is 33.0 Å². The molecule has 2 rings (SSSR count). The van der Waals surface area contributed by atoms with Crippen LogP contribution in [-0.4, -0.2) is 0 Å². The standard InChI is InChI=1S/C16H14BrNO/c1-12-10-16(7-4-14(12)11-17)19-15-5-2-13(3-6-15)8-9-18/h2-7,10H,8,11H2,1H3. The molecule has 2 aromatic rings. The van der Waals surface area contributed by atoms with E-state index >= 15 is 0 Å². The Morgan fingerprint density at radius 2 is 1.79 bits per heavy atom. The lowest BCUT2D eigenvalue weighted by Crippen LogP contribution is -1.89. The fourth-order valence-corrected chi connectivity index (χ4v) is 2.41. The van der Waals surface area contributed by atoms with Crippen LogP contribution in [0.15, 0.2) is 42.5 Å². The fraction of sp³-hybridized carbons (Fsp3) is 0.188. The van der Waals surface area contributed by atoms with E-state index in [9.17, 15) is 0 Å². The molecule has 0 aliphatic rings. The van der Waals surface area contributed by atoms with Gasteiger partial charge in [-0.25, -0.2) is 0 Å². The molecule has 0 heterocycles. The average molecular weight is 316 g/mol. The Morgan fingerprint density at radius 1 is 1.11 bits per heavy atom. The van der Waals surface area contributed by atoms with Gasteiger partial charge in [0.2, 0.25) is 0 Å². The van der Waals surface area contributed by atoms with Crippen molar-refractivity contribution in [3.05, 3.63) is 59.2 Å². The largest absolute Gasteiger partial charge is 0.457 e. The van der Waals surface area contributed by atoms with Crippen molar-refractivity contribution in [2.75, 3.05) is 0 Å². The number of aryl methyl sites for hydroxylation is 1. The molecular formula is C16H14BrNO. The summed E-state index contributed by atoms with van der Waals surface area (Å²) in [6, 6.07) is 15.8. The van der Waals surface area contributed by atoms with Crippen molar-refractivity contribution in [3.63, 3.8) is 0 Å². The van der Waals surface area contributed by atoms with Gasteiger partial charge in [0.05, 0.1) is 12.5 Å². The van der Waals surface area contributed by atoms with E-state index in [0.29, 0.717) is 6.42 Å². The maximum Gasteiger partial charge on any atom is 0.127 e. The second-order valence-corrected chi connectivity index (χ2v) is 4.86.